The molecule has 6 aliphatic rings. The minimum atomic E-state index is -4.08. The second kappa shape index (κ2) is 12.6. The van der Waals surface area contributed by atoms with Crippen LogP contribution in [0.15, 0.2) is 119 Å². The highest BCUT2D eigenvalue weighted by Crippen LogP contribution is 2.84. The molecule has 0 unspecified atom stereocenters. The van der Waals surface area contributed by atoms with Crippen LogP contribution in [-0.4, -0.2) is 35.8 Å². The van der Waals surface area contributed by atoms with Crippen molar-refractivity contribution >= 4 is 37.2 Å². The summed E-state index contributed by atoms with van der Waals surface area (Å²) in [4.78, 5) is 15.4. The fraction of sp³-hybridized carbons (Fsp3) is 0.400. The summed E-state index contributed by atoms with van der Waals surface area (Å²) < 4.78 is 66.1. The minimum Gasteiger partial charge on any atom is -0.298 e. The third kappa shape index (κ3) is 5.07. The Balaban J connectivity index is 1.12. The van der Waals surface area contributed by atoms with Crippen molar-refractivity contribution in [3.63, 3.8) is 0 Å². The van der Waals surface area contributed by atoms with Gasteiger partial charge in [-0.25, -0.2) is 0 Å². The molecule has 280 valence electrons. The zero-order chi connectivity index (χ0) is 37.8. The van der Waals surface area contributed by atoms with Crippen LogP contribution < -0.4 is 0 Å². The largest absolute Gasteiger partial charge is 0.298 e. The van der Waals surface area contributed by atoms with Crippen molar-refractivity contribution in [2.24, 2.45) is 58.2 Å². The van der Waals surface area contributed by atoms with Gasteiger partial charge in [0.2, 0.25) is 0 Å². The topological polar surface area (TPSA) is 104 Å². The van der Waals surface area contributed by atoms with Gasteiger partial charge in [-0.2, -0.15) is 16.8 Å². The molecule has 0 spiro atoms. The minimum absolute atomic E-state index is 0.0370. The van der Waals surface area contributed by atoms with Crippen molar-refractivity contribution < 1.29 is 30.0 Å². The fourth-order valence-electron chi connectivity index (χ4n) is 12.2. The van der Waals surface area contributed by atoms with E-state index in [9.17, 15) is 16.8 Å². The van der Waals surface area contributed by atoms with E-state index in [0.29, 0.717) is 0 Å². The highest BCUT2D eigenvalue weighted by molar-refractivity contribution is 7.87. The fourth-order valence-corrected chi connectivity index (χ4v) is 14.1. The monoisotopic (exact) mass is 762 g/mol. The predicted molar refractivity (Wildman–Crippen MR) is 207 cm³/mol. The molecule has 5 fully saturated rings. The number of allylic oxidation sites excluding steroid dienone is 2. The quantitative estimate of drug-likeness (QED) is 0.150. The number of carbonyl (C=O) groups is 1. The number of carbonyl (C=O) groups excluding carboxylic acids is 1. The molecule has 10 atom stereocenters. The molecule has 0 amide bonds. The van der Waals surface area contributed by atoms with Gasteiger partial charge in [-0.05, 0) is 134 Å². The zero-order valence-electron chi connectivity index (χ0n) is 31.0. The van der Waals surface area contributed by atoms with Crippen LogP contribution >= 0.6 is 0 Å². The number of benzene rings is 4. The van der Waals surface area contributed by atoms with Crippen LogP contribution in [0.5, 0.6) is 0 Å². The first kappa shape index (κ1) is 35.8. The van der Waals surface area contributed by atoms with E-state index >= 15 is 4.79 Å². The number of hydrogen-bond acceptors (Lipinski definition) is 7. The van der Waals surface area contributed by atoms with E-state index in [2.05, 4.69) is 38.1 Å². The van der Waals surface area contributed by atoms with Gasteiger partial charge in [0.05, 0.1) is 33.8 Å². The first-order valence-corrected chi connectivity index (χ1v) is 21.9. The Morgan fingerprint density at radius 2 is 0.907 bits per heavy atom. The van der Waals surface area contributed by atoms with Gasteiger partial charge in [-0.15, -0.1) is 0 Å². The van der Waals surface area contributed by atoms with E-state index in [-0.39, 0.29) is 76.1 Å². The molecular formula is C45H46O7S2. The average molecular weight is 763 g/mol. The van der Waals surface area contributed by atoms with Gasteiger partial charge < -0.3 is 0 Å². The molecule has 0 heterocycles. The van der Waals surface area contributed by atoms with Gasteiger partial charge in [0.25, 0.3) is 20.2 Å². The van der Waals surface area contributed by atoms with Crippen LogP contribution in [0.25, 0.3) is 11.1 Å². The number of Topliss-reactive ketones (excluding diaryl/α,β-unsaturated/α-hetero) is 1. The summed E-state index contributed by atoms with van der Waals surface area (Å²) in [7, 11) is -8.16. The summed E-state index contributed by atoms with van der Waals surface area (Å²) in [6.45, 7) is 7.98. The Morgan fingerprint density at radius 1 is 0.556 bits per heavy atom. The molecule has 7 nitrogen and oxygen atoms in total. The summed E-state index contributed by atoms with van der Waals surface area (Å²) >= 11 is 0. The number of ketones is 1. The standard InChI is InChI=1S/C45H46O7S2/c1-27-15-19-31(20-16-27)53(47,48)51-25-35-33-23-24-34(36(35)26-52-54(49,50)32-21-17-28(2)18-22-32)38-37(33)41-42(38)45(4)40(30-13-9-6-10-14-30)39(44(41,3)43(45)46)29-11-7-5-8-12-29/h5-22,33-38,41-42H,23-26H2,1-4H3/t33-,34-,35-,36-,37+,38+,41+,42+,44-,45-/m0/s1. The first-order chi connectivity index (χ1) is 25.8. The lowest BCUT2D eigenvalue weighted by molar-refractivity contribution is -0.227. The van der Waals surface area contributed by atoms with Gasteiger partial charge in [-0.1, -0.05) is 96.1 Å². The summed E-state index contributed by atoms with van der Waals surface area (Å²) in [6, 6.07) is 33.9. The molecule has 10 rings (SSSR count). The Bertz CT molecular complexity index is 2210. The molecule has 4 aromatic carbocycles. The van der Waals surface area contributed by atoms with E-state index in [1.807, 2.05) is 50.2 Å². The number of hydrogen-bond donors (Lipinski definition) is 0. The van der Waals surface area contributed by atoms with Crippen LogP contribution in [0.2, 0.25) is 0 Å². The molecule has 6 aliphatic carbocycles. The van der Waals surface area contributed by atoms with Crippen molar-refractivity contribution in [3.8, 4) is 0 Å². The normalized spacial score (nSPS) is 33.7. The number of rotatable bonds is 10. The first-order valence-electron chi connectivity index (χ1n) is 19.1. The van der Waals surface area contributed by atoms with Crippen molar-refractivity contribution in [3.05, 3.63) is 131 Å². The Kier molecular flexibility index (Phi) is 8.33. The molecule has 4 aromatic rings. The zero-order valence-corrected chi connectivity index (χ0v) is 32.6. The molecule has 9 heteroatoms. The molecule has 4 bridgehead atoms. The maximum Gasteiger partial charge on any atom is 0.296 e. The molecule has 54 heavy (non-hydrogen) atoms. The van der Waals surface area contributed by atoms with Gasteiger partial charge in [-0.3, -0.25) is 13.2 Å². The molecule has 5 saturated carbocycles. The predicted octanol–water partition coefficient (Wildman–Crippen LogP) is 8.38. The van der Waals surface area contributed by atoms with Crippen LogP contribution in [0.3, 0.4) is 0 Å². The van der Waals surface area contributed by atoms with Gasteiger partial charge in [0.1, 0.15) is 0 Å². The van der Waals surface area contributed by atoms with Crippen LogP contribution in [-0.2, 0) is 33.4 Å². The SMILES string of the molecule is Cc1ccc(S(=O)(=O)OC[C@@H]2[C@@H](COS(=O)(=O)c3ccc(C)cc3)[C@@H]3CC[C@@H]2[C@@H]2[C@@H]3[C@@H]3[C@@H]2[C@@]2(C)C(=O)[C@@]3(C)C(c3ccccc3)=C2c2ccccc2)cc1. The molecular weight excluding hydrogens is 717 g/mol. The summed E-state index contributed by atoms with van der Waals surface area (Å²) in [6.07, 6.45) is 1.73. The Morgan fingerprint density at radius 3 is 1.26 bits per heavy atom. The van der Waals surface area contributed by atoms with E-state index in [4.69, 9.17) is 8.37 Å². The van der Waals surface area contributed by atoms with E-state index in [1.54, 1.807) is 48.5 Å². The van der Waals surface area contributed by atoms with Crippen molar-refractivity contribution in [2.45, 2.75) is 50.3 Å². The summed E-state index contributed by atoms with van der Waals surface area (Å²) in [5.41, 5.74) is 4.78. The smallest absolute Gasteiger partial charge is 0.296 e. The van der Waals surface area contributed by atoms with Crippen molar-refractivity contribution in [2.75, 3.05) is 13.2 Å². The highest BCUT2D eigenvalue weighted by atomic mass is 32.2. The highest BCUT2D eigenvalue weighted by Gasteiger charge is 2.82. The van der Waals surface area contributed by atoms with Crippen molar-refractivity contribution in [1.82, 2.24) is 0 Å². The van der Waals surface area contributed by atoms with Crippen LogP contribution in [0, 0.1) is 72.0 Å². The second-order valence-electron chi connectivity index (χ2n) is 16.8. The Labute approximate surface area is 319 Å². The second-order valence-corrected chi connectivity index (χ2v) is 20.0. The lowest BCUT2D eigenvalue weighted by atomic mass is 9.33. The lowest BCUT2D eigenvalue weighted by Crippen LogP contribution is -2.68. The molecule has 0 aromatic heterocycles. The summed E-state index contributed by atoms with van der Waals surface area (Å²) in [5, 5.41) is 0. The number of aryl methyl sites for hydroxylation is 2. The van der Waals surface area contributed by atoms with Gasteiger partial charge in [0.15, 0.2) is 5.78 Å². The molecule has 0 aliphatic heterocycles. The van der Waals surface area contributed by atoms with Gasteiger partial charge >= 0.3 is 0 Å². The van der Waals surface area contributed by atoms with Gasteiger partial charge in [0, 0.05) is 0 Å². The molecule has 0 saturated heterocycles. The van der Waals surface area contributed by atoms with Crippen LogP contribution in [0.4, 0.5) is 0 Å². The molecule has 0 radical (unpaired) electrons. The maximum atomic E-state index is 15.2. The van der Waals surface area contributed by atoms with Crippen LogP contribution in [0.1, 0.15) is 48.9 Å². The van der Waals surface area contributed by atoms with E-state index < -0.39 is 31.1 Å². The lowest BCUT2D eigenvalue weighted by Gasteiger charge is -2.71. The third-order valence-electron chi connectivity index (χ3n) is 14.3. The average Bonchev–Trinajstić information content (AvgIpc) is 3.41. The number of fused-ring (bicyclic) bond motifs is 7. The van der Waals surface area contributed by atoms with E-state index in [1.165, 1.54) is 0 Å². The maximum absolute atomic E-state index is 15.2. The third-order valence-corrected chi connectivity index (χ3v) is 16.9. The Hall–Kier alpha value is -3.89. The van der Waals surface area contributed by atoms with Crippen molar-refractivity contribution in [1.29, 1.82) is 0 Å². The van der Waals surface area contributed by atoms with E-state index in [0.717, 1.165) is 46.2 Å². The summed E-state index contributed by atoms with van der Waals surface area (Å²) in [5.74, 6) is 0.272. The molecule has 0 N–H and O–H groups in total.